The molecule has 1 N–H and O–H groups in total. The van der Waals surface area contributed by atoms with Crippen LogP contribution in [0.3, 0.4) is 0 Å². The molecule has 0 bridgehead atoms. The van der Waals surface area contributed by atoms with E-state index in [1.165, 1.54) is 22.3 Å². The Kier molecular flexibility index (Phi) is 21.6. The molecule has 3 heteroatoms. The number of allylic oxidation sites excluding steroid dienone is 5. The zero-order valence-electron chi connectivity index (χ0n) is 22.3. The van der Waals surface area contributed by atoms with E-state index in [4.69, 9.17) is 0 Å². The molecule has 2 aromatic rings. The number of thioether (sulfide) groups is 1. The van der Waals surface area contributed by atoms with Crippen LogP contribution < -0.4 is 5.32 Å². The van der Waals surface area contributed by atoms with E-state index in [9.17, 15) is 0 Å². The molecule has 0 aliphatic carbocycles. The summed E-state index contributed by atoms with van der Waals surface area (Å²) < 4.78 is 0. The predicted octanol–water partition coefficient (Wildman–Crippen LogP) is 9.25. The number of aryl methyl sites for hydroxylation is 1. The molecule has 2 nitrogen and oxygen atoms in total. The minimum Gasteiger partial charge on any atom is -0.354 e. The molecule has 0 saturated carbocycles. The van der Waals surface area contributed by atoms with Crippen molar-refractivity contribution in [1.82, 2.24) is 10.3 Å². The average Bonchev–Trinajstić information content (AvgIpc) is 2.91. The van der Waals surface area contributed by atoms with Crippen molar-refractivity contribution < 1.29 is 0 Å². The van der Waals surface area contributed by atoms with Crippen LogP contribution in [0.25, 0.3) is 16.7 Å². The van der Waals surface area contributed by atoms with E-state index >= 15 is 0 Å². The van der Waals surface area contributed by atoms with Gasteiger partial charge in [0.2, 0.25) is 0 Å². The topological polar surface area (TPSA) is 24.9 Å². The summed E-state index contributed by atoms with van der Waals surface area (Å²) in [5.41, 5.74) is 7.13. The van der Waals surface area contributed by atoms with Crippen molar-refractivity contribution in [3.05, 3.63) is 94.8 Å². The van der Waals surface area contributed by atoms with Crippen LogP contribution in [0.2, 0.25) is 0 Å². The maximum Gasteiger partial charge on any atom is 0.0692 e. The standard InChI is InChI=1S/C26H32N2S.C2H6.2C2H2/c1-6-8-9-11-21(4)28-22(5)29-19-20(3)23-12-14-24(15-13-23)25-16-17-27-26(18-25)10-7-2;3*1-2/h8-9,11-19,28H,5-7,10H2,1-4H3;1-2H3;2*1-2H/b9-8-,20-19+,21-11+;;;. The van der Waals surface area contributed by atoms with Gasteiger partial charge in [0.05, 0.1) is 5.03 Å². The molecule has 0 saturated heterocycles. The van der Waals surface area contributed by atoms with Crippen LogP contribution in [0, 0.1) is 25.7 Å². The average molecular weight is 487 g/mol. The fourth-order valence-corrected chi connectivity index (χ4v) is 3.52. The van der Waals surface area contributed by atoms with Crippen LogP contribution in [0.15, 0.2) is 83.5 Å². The summed E-state index contributed by atoms with van der Waals surface area (Å²) in [5, 5.41) is 6.38. The minimum absolute atomic E-state index is 0.917. The molecule has 35 heavy (non-hydrogen) atoms. The van der Waals surface area contributed by atoms with E-state index in [-0.39, 0.29) is 0 Å². The Hall–Kier alpha value is -3.40. The highest BCUT2D eigenvalue weighted by atomic mass is 32.2. The fraction of sp³-hybridized carbons (Fsp3) is 0.281. The first kappa shape index (κ1) is 33.8. The van der Waals surface area contributed by atoms with Gasteiger partial charge in [0.15, 0.2) is 0 Å². The van der Waals surface area contributed by atoms with Gasteiger partial charge in [0, 0.05) is 17.6 Å². The van der Waals surface area contributed by atoms with Crippen molar-refractivity contribution in [2.24, 2.45) is 0 Å². The number of pyridine rings is 1. The van der Waals surface area contributed by atoms with Gasteiger partial charge in [0.25, 0.3) is 0 Å². The molecular weight excluding hydrogens is 444 g/mol. The third kappa shape index (κ3) is 14.5. The van der Waals surface area contributed by atoms with Crippen LogP contribution in [0.1, 0.15) is 65.6 Å². The first-order chi connectivity index (χ1) is 17.0. The van der Waals surface area contributed by atoms with E-state index in [1.807, 2.05) is 27.0 Å². The molecule has 1 heterocycles. The quantitative estimate of drug-likeness (QED) is 0.267. The van der Waals surface area contributed by atoms with E-state index in [0.29, 0.717) is 0 Å². The predicted molar refractivity (Wildman–Crippen MR) is 162 cm³/mol. The summed E-state index contributed by atoms with van der Waals surface area (Å²) in [4.78, 5) is 4.45. The van der Waals surface area contributed by atoms with Crippen LogP contribution in [-0.2, 0) is 6.42 Å². The van der Waals surface area contributed by atoms with E-state index in [1.54, 1.807) is 11.8 Å². The number of hydrogen-bond donors (Lipinski definition) is 1. The molecule has 1 aromatic carbocycles. The molecule has 0 aliphatic rings. The van der Waals surface area contributed by atoms with Gasteiger partial charge in [-0.15, -0.1) is 25.7 Å². The van der Waals surface area contributed by atoms with Gasteiger partial charge >= 0.3 is 0 Å². The van der Waals surface area contributed by atoms with Gasteiger partial charge in [-0.05, 0) is 72.6 Å². The van der Waals surface area contributed by atoms with Crippen molar-refractivity contribution in [3.63, 3.8) is 0 Å². The second kappa shape index (κ2) is 22.4. The highest BCUT2D eigenvalue weighted by Crippen LogP contribution is 2.25. The van der Waals surface area contributed by atoms with Gasteiger partial charge in [-0.2, -0.15) is 0 Å². The Morgan fingerprint density at radius 2 is 1.63 bits per heavy atom. The van der Waals surface area contributed by atoms with Crippen molar-refractivity contribution >= 4 is 17.3 Å². The molecule has 1 aromatic heterocycles. The lowest BCUT2D eigenvalue weighted by atomic mass is 10.0. The summed E-state index contributed by atoms with van der Waals surface area (Å²) in [7, 11) is 0. The van der Waals surface area contributed by atoms with Crippen LogP contribution >= 0.6 is 11.8 Å². The Bertz CT molecular complexity index is 967. The first-order valence-electron chi connectivity index (χ1n) is 11.9. The van der Waals surface area contributed by atoms with Crippen LogP contribution in [0.4, 0.5) is 0 Å². The normalized spacial score (nSPS) is 10.6. The lowest BCUT2D eigenvalue weighted by Crippen LogP contribution is -2.05. The molecule has 0 aliphatic heterocycles. The number of nitrogens with one attached hydrogen (secondary N) is 1. The highest BCUT2D eigenvalue weighted by molar-refractivity contribution is 8.05. The number of nitrogens with zero attached hydrogens (tertiary/aromatic N) is 1. The molecule has 0 radical (unpaired) electrons. The summed E-state index contributed by atoms with van der Waals surface area (Å²) in [6, 6.07) is 13.0. The van der Waals surface area contributed by atoms with Gasteiger partial charge < -0.3 is 5.32 Å². The summed E-state index contributed by atoms with van der Waals surface area (Å²) in [6.45, 7) is 16.6. The minimum atomic E-state index is 0.917. The van der Waals surface area contributed by atoms with Crippen molar-refractivity contribution in [2.75, 3.05) is 0 Å². The Labute approximate surface area is 219 Å². The van der Waals surface area contributed by atoms with Gasteiger partial charge in [-0.25, -0.2) is 0 Å². The van der Waals surface area contributed by atoms with Gasteiger partial charge in [-0.1, -0.05) is 88.9 Å². The van der Waals surface area contributed by atoms with Gasteiger partial charge in [-0.3, -0.25) is 4.98 Å². The van der Waals surface area contributed by atoms with Crippen molar-refractivity contribution in [2.45, 2.75) is 60.8 Å². The number of aromatic nitrogens is 1. The Balaban J connectivity index is 0. The van der Waals surface area contributed by atoms with Gasteiger partial charge in [0.1, 0.15) is 0 Å². The monoisotopic (exact) mass is 486 g/mol. The second-order valence-electron chi connectivity index (χ2n) is 7.02. The summed E-state index contributed by atoms with van der Waals surface area (Å²) in [5.74, 6) is 0. The Morgan fingerprint density at radius 3 is 2.20 bits per heavy atom. The maximum absolute atomic E-state index is 4.45. The van der Waals surface area contributed by atoms with Crippen LogP contribution in [0.5, 0.6) is 0 Å². The number of terminal acetylenes is 2. The molecule has 0 fully saturated rings. The molecule has 186 valence electrons. The zero-order chi connectivity index (χ0) is 27.1. The largest absolute Gasteiger partial charge is 0.354 e. The molecule has 2 rings (SSSR count). The molecule has 0 unspecified atom stereocenters. The number of rotatable bonds is 10. The lowest BCUT2D eigenvalue weighted by Gasteiger charge is -2.09. The van der Waals surface area contributed by atoms with Crippen LogP contribution in [-0.4, -0.2) is 4.98 Å². The first-order valence-corrected chi connectivity index (χ1v) is 12.8. The van der Waals surface area contributed by atoms with Crippen molar-refractivity contribution in [3.8, 4) is 36.8 Å². The molecule has 0 amide bonds. The van der Waals surface area contributed by atoms with E-state index in [0.717, 1.165) is 35.7 Å². The van der Waals surface area contributed by atoms with E-state index < -0.39 is 0 Å². The summed E-state index contributed by atoms with van der Waals surface area (Å²) in [6.07, 6.45) is 27.3. The fourth-order valence-electron chi connectivity index (χ4n) is 2.84. The third-order valence-corrected chi connectivity index (χ3v) is 5.29. The third-order valence-electron chi connectivity index (χ3n) is 4.43. The maximum atomic E-state index is 4.45. The molecular formula is C32H42N2S. The van der Waals surface area contributed by atoms with E-state index in [2.05, 4.69) is 123 Å². The number of benzene rings is 1. The zero-order valence-corrected chi connectivity index (χ0v) is 23.2. The second-order valence-corrected chi connectivity index (χ2v) is 7.98. The summed E-state index contributed by atoms with van der Waals surface area (Å²) >= 11 is 1.61. The molecule has 0 spiro atoms. The van der Waals surface area contributed by atoms with Crippen molar-refractivity contribution in [1.29, 1.82) is 0 Å². The SMILES string of the molecule is C#C.C#C.C=C(N/C(C)=C/C=C\CC)S/C=C(\C)c1ccc(-c2ccnc(CCC)c2)cc1.CC. The smallest absolute Gasteiger partial charge is 0.0692 e. The number of hydrogen-bond acceptors (Lipinski definition) is 3. The lowest BCUT2D eigenvalue weighted by molar-refractivity contribution is 0.883. The molecule has 0 atom stereocenters. The Morgan fingerprint density at radius 1 is 1.00 bits per heavy atom. The highest BCUT2D eigenvalue weighted by Gasteiger charge is 2.02.